The zero-order valence-corrected chi connectivity index (χ0v) is 13.5. The molecule has 4 nitrogen and oxygen atoms in total. The average molecular weight is 308 g/mol. The number of hydrogen-bond donors (Lipinski definition) is 1. The van der Waals surface area contributed by atoms with Crippen LogP contribution in [0.5, 0.6) is 5.75 Å². The van der Waals surface area contributed by atoms with E-state index in [0.717, 1.165) is 24.3 Å². The molecule has 0 spiro atoms. The zero-order chi connectivity index (χ0) is 15.2. The monoisotopic (exact) mass is 307 g/mol. The Hall–Kier alpha value is -1.52. The lowest BCUT2D eigenvalue weighted by Gasteiger charge is -2.11. The molecule has 0 aliphatic rings. The first-order valence-corrected chi connectivity index (χ1v) is 7.51. The molecule has 0 unspecified atom stereocenters. The van der Waals surface area contributed by atoms with Crippen LogP contribution in [0, 0.1) is 5.92 Å². The Morgan fingerprint density at radius 3 is 2.81 bits per heavy atom. The van der Waals surface area contributed by atoms with Gasteiger partial charge in [-0.05, 0) is 30.2 Å². The molecule has 0 radical (unpaired) electrons. The van der Waals surface area contributed by atoms with Crippen LogP contribution in [0.2, 0.25) is 5.02 Å². The number of nitrogens with zero attached hydrogens (tertiary/aromatic N) is 2. The molecular weight excluding hydrogens is 286 g/mol. The lowest BCUT2D eigenvalue weighted by Crippen LogP contribution is -2.18. The first-order chi connectivity index (χ1) is 10.1. The maximum atomic E-state index is 6.28. The van der Waals surface area contributed by atoms with Gasteiger partial charge < -0.3 is 14.6 Å². The largest absolute Gasteiger partial charge is 0.486 e. The molecule has 21 heavy (non-hydrogen) atoms. The summed E-state index contributed by atoms with van der Waals surface area (Å²) >= 11 is 6.28. The highest BCUT2D eigenvalue weighted by Crippen LogP contribution is 2.26. The van der Waals surface area contributed by atoms with Crippen molar-refractivity contribution in [1.29, 1.82) is 0 Å². The van der Waals surface area contributed by atoms with E-state index in [0.29, 0.717) is 23.3 Å². The van der Waals surface area contributed by atoms with Crippen LogP contribution in [0.25, 0.3) is 0 Å². The van der Waals surface area contributed by atoms with Gasteiger partial charge in [0.15, 0.2) is 0 Å². The standard InChI is InChI=1S/C16H22ClN3O/c1-12(2)7-18-8-13-4-5-16(15(17)6-13)21-10-14-9-19-11-20(14)3/h4-6,9,11-12,18H,7-8,10H2,1-3H3. The Bertz CT molecular complexity index is 581. The molecule has 1 aromatic carbocycles. The first kappa shape index (κ1) is 15.9. The number of imidazole rings is 1. The van der Waals surface area contributed by atoms with E-state index in [-0.39, 0.29) is 0 Å². The number of halogens is 1. The van der Waals surface area contributed by atoms with Crippen LogP contribution >= 0.6 is 11.6 Å². The quantitative estimate of drug-likeness (QED) is 0.852. The molecule has 0 saturated carbocycles. The van der Waals surface area contributed by atoms with Crippen molar-refractivity contribution in [2.75, 3.05) is 6.54 Å². The second-order valence-corrected chi connectivity index (χ2v) is 5.98. The van der Waals surface area contributed by atoms with Crippen LogP contribution in [0.4, 0.5) is 0 Å². The molecule has 2 rings (SSSR count). The minimum absolute atomic E-state index is 0.459. The SMILES string of the molecule is CC(C)CNCc1ccc(OCc2cncn2C)c(Cl)c1. The molecule has 1 heterocycles. The van der Waals surface area contributed by atoms with Crippen LogP contribution < -0.4 is 10.1 Å². The minimum atomic E-state index is 0.459. The average Bonchev–Trinajstić information content (AvgIpc) is 2.83. The molecule has 0 aliphatic carbocycles. The molecule has 0 bridgehead atoms. The molecule has 0 amide bonds. The number of hydrogen-bond acceptors (Lipinski definition) is 3. The van der Waals surface area contributed by atoms with Gasteiger partial charge in [-0.25, -0.2) is 4.98 Å². The van der Waals surface area contributed by atoms with Crippen LogP contribution in [-0.2, 0) is 20.2 Å². The van der Waals surface area contributed by atoms with E-state index in [4.69, 9.17) is 16.3 Å². The number of ether oxygens (including phenoxy) is 1. The zero-order valence-electron chi connectivity index (χ0n) is 12.8. The van der Waals surface area contributed by atoms with Gasteiger partial charge in [-0.2, -0.15) is 0 Å². The summed E-state index contributed by atoms with van der Waals surface area (Å²) in [5.41, 5.74) is 2.17. The second-order valence-electron chi connectivity index (χ2n) is 5.57. The van der Waals surface area contributed by atoms with Crippen molar-refractivity contribution in [1.82, 2.24) is 14.9 Å². The number of benzene rings is 1. The molecule has 1 aromatic heterocycles. The normalized spacial score (nSPS) is 11.1. The predicted molar refractivity (Wildman–Crippen MR) is 85.5 cm³/mol. The predicted octanol–water partition coefficient (Wildman–Crippen LogP) is 3.40. The summed E-state index contributed by atoms with van der Waals surface area (Å²) < 4.78 is 7.68. The third-order valence-electron chi connectivity index (χ3n) is 3.17. The Kier molecular flexibility index (Phi) is 5.65. The summed E-state index contributed by atoms with van der Waals surface area (Å²) in [5, 5.41) is 4.04. The highest BCUT2D eigenvalue weighted by molar-refractivity contribution is 6.32. The fraction of sp³-hybridized carbons (Fsp3) is 0.438. The van der Waals surface area contributed by atoms with Crippen molar-refractivity contribution >= 4 is 11.6 Å². The Labute approximate surface area is 131 Å². The lowest BCUT2D eigenvalue weighted by molar-refractivity contribution is 0.297. The van der Waals surface area contributed by atoms with Crippen molar-refractivity contribution in [3.8, 4) is 5.75 Å². The van der Waals surface area contributed by atoms with Crippen LogP contribution in [0.1, 0.15) is 25.1 Å². The molecule has 0 atom stereocenters. The van der Waals surface area contributed by atoms with Gasteiger partial charge in [-0.15, -0.1) is 0 Å². The summed E-state index contributed by atoms with van der Waals surface area (Å²) in [6, 6.07) is 5.91. The van der Waals surface area contributed by atoms with Crippen LogP contribution in [0.3, 0.4) is 0 Å². The summed E-state index contributed by atoms with van der Waals surface area (Å²) in [6.45, 7) is 6.65. The highest BCUT2D eigenvalue weighted by Gasteiger charge is 2.05. The number of nitrogens with one attached hydrogen (secondary N) is 1. The van der Waals surface area contributed by atoms with Crippen LogP contribution in [-0.4, -0.2) is 16.1 Å². The molecule has 0 saturated heterocycles. The van der Waals surface area contributed by atoms with Gasteiger partial charge in [0.2, 0.25) is 0 Å². The highest BCUT2D eigenvalue weighted by atomic mass is 35.5. The van der Waals surface area contributed by atoms with Gasteiger partial charge in [-0.1, -0.05) is 31.5 Å². The smallest absolute Gasteiger partial charge is 0.138 e. The Morgan fingerprint density at radius 1 is 1.38 bits per heavy atom. The maximum Gasteiger partial charge on any atom is 0.138 e. The fourth-order valence-corrected chi connectivity index (χ4v) is 2.21. The number of rotatable bonds is 7. The van der Waals surface area contributed by atoms with Crippen molar-refractivity contribution in [2.24, 2.45) is 13.0 Å². The molecular formula is C16H22ClN3O. The van der Waals surface area contributed by atoms with Crippen molar-refractivity contribution in [3.05, 3.63) is 47.0 Å². The summed E-state index contributed by atoms with van der Waals surface area (Å²) in [4.78, 5) is 4.06. The van der Waals surface area contributed by atoms with Gasteiger partial charge in [0.25, 0.3) is 0 Å². The minimum Gasteiger partial charge on any atom is -0.486 e. The third-order valence-corrected chi connectivity index (χ3v) is 3.47. The summed E-state index contributed by atoms with van der Waals surface area (Å²) in [5.74, 6) is 1.34. The van der Waals surface area contributed by atoms with Crippen molar-refractivity contribution < 1.29 is 4.74 Å². The van der Waals surface area contributed by atoms with E-state index < -0.39 is 0 Å². The summed E-state index contributed by atoms with van der Waals surface area (Å²) in [7, 11) is 1.94. The van der Waals surface area contributed by atoms with Gasteiger partial charge in [0.1, 0.15) is 12.4 Å². The maximum absolute atomic E-state index is 6.28. The van der Waals surface area contributed by atoms with Gasteiger partial charge in [0, 0.05) is 13.6 Å². The van der Waals surface area contributed by atoms with E-state index in [1.807, 2.05) is 29.8 Å². The van der Waals surface area contributed by atoms with E-state index >= 15 is 0 Å². The number of aromatic nitrogens is 2. The van der Waals surface area contributed by atoms with Gasteiger partial charge >= 0.3 is 0 Å². The molecule has 5 heteroatoms. The van der Waals surface area contributed by atoms with Crippen LogP contribution in [0.15, 0.2) is 30.7 Å². The van der Waals surface area contributed by atoms with E-state index in [2.05, 4.69) is 24.1 Å². The van der Waals surface area contributed by atoms with E-state index in [9.17, 15) is 0 Å². The van der Waals surface area contributed by atoms with E-state index in [1.165, 1.54) is 0 Å². The molecule has 0 aliphatic heterocycles. The van der Waals surface area contributed by atoms with Crippen molar-refractivity contribution in [3.63, 3.8) is 0 Å². The topological polar surface area (TPSA) is 39.1 Å². The Balaban J connectivity index is 1.91. The summed E-state index contributed by atoms with van der Waals surface area (Å²) in [6.07, 6.45) is 3.54. The number of aryl methyl sites for hydroxylation is 1. The lowest BCUT2D eigenvalue weighted by atomic mass is 10.2. The molecule has 114 valence electrons. The molecule has 1 N–H and O–H groups in total. The van der Waals surface area contributed by atoms with Crippen molar-refractivity contribution in [2.45, 2.75) is 27.0 Å². The third kappa shape index (κ3) is 4.76. The second kappa shape index (κ2) is 7.48. The first-order valence-electron chi connectivity index (χ1n) is 7.13. The molecule has 0 fully saturated rings. The Morgan fingerprint density at radius 2 is 2.19 bits per heavy atom. The fourth-order valence-electron chi connectivity index (χ4n) is 1.95. The van der Waals surface area contributed by atoms with E-state index in [1.54, 1.807) is 12.5 Å². The van der Waals surface area contributed by atoms with Gasteiger partial charge in [-0.3, -0.25) is 0 Å². The van der Waals surface area contributed by atoms with Gasteiger partial charge in [0.05, 0.1) is 23.2 Å². The molecule has 2 aromatic rings.